The maximum absolute atomic E-state index is 12.3. The highest BCUT2D eigenvalue weighted by Crippen LogP contribution is 2.65. The van der Waals surface area contributed by atoms with E-state index in [2.05, 4.69) is 53.8 Å². The molecule has 4 nitrogen and oxygen atoms in total. The van der Waals surface area contributed by atoms with Gasteiger partial charge in [0.25, 0.3) is 0 Å². The molecule has 4 heteroatoms. The Labute approximate surface area is 147 Å². The van der Waals surface area contributed by atoms with Gasteiger partial charge in [0.1, 0.15) is 12.4 Å². The van der Waals surface area contributed by atoms with Crippen LogP contribution in [0.25, 0.3) is 10.9 Å². The molecule has 1 aromatic carbocycles. The highest BCUT2D eigenvalue weighted by molar-refractivity contribution is 5.87. The maximum Gasteiger partial charge on any atom is 0.130 e. The minimum Gasteiger partial charge on any atom is -0.371 e. The van der Waals surface area contributed by atoms with Gasteiger partial charge in [-0.2, -0.15) is 0 Å². The Morgan fingerprint density at radius 2 is 2.16 bits per heavy atom. The largest absolute Gasteiger partial charge is 0.371 e. The van der Waals surface area contributed by atoms with Gasteiger partial charge in [-0.3, -0.25) is 4.90 Å². The van der Waals surface area contributed by atoms with Crippen molar-refractivity contribution in [3.63, 3.8) is 0 Å². The normalized spacial score (nSPS) is 42.2. The van der Waals surface area contributed by atoms with Crippen LogP contribution in [0.3, 0.4) is 0 Å². The van der Waals surface area contributed by atoms with Crippen molar-refractivity contribution in [3.8, 4) is 0 Å². The number of fused-ring (bicyclic) bond motifs is 5. The fraction of sp³-hybridized carbons (Fsp3) is 0.476. The summed E-state index contributed by atoms with van der Waals surface area (Å²) in [5.74, 6) is 0.325. The third-order valence-electron chi connectivity index (χ3n) is 7.41. The molecule has 2 aromatic rings. The van der Waals surface area contributed by atoms with E-state index in [1.807, 2.05) is 0 Å². The summed E-state index contributed by atoms with van der Waals surface area (Å²) in [6, 6.07) is 9.22. The molecule has 2 unspecified atom stereocenters. The topological polar surface area (TPSA) is 34.5 Å². The molecule has 6 atom stereocenters. The molecule has 4 fully saturated rings. The van der Waals surface area contributed by atoms with Crippen LogP contribution in [0, 0.1) is 11.3 Å². The Morgan fingerprint density at radius 1 is 1.32 bits per heavy atom. The van der Waals surface area contributed by atoms with Gasteiger partial charge in [-0.05, 0) is 25.3 Å². The Morgan fingerprint density at radius 3 is 2.96 bits per heavy atom. The fourth-order valence-electron chi connectivity index (χ4n) is 6.41. The van der Waals surface area contributed by atoms with Crippen LogP contribution in [-0.2, 0) is 16.6 Å². The van der Waals surface area contributed by atoms with Crippen LogP contribution in [-0.4, -0.2) is 34.9 Å². The zero-order valence-electron chi connectivity index (χ0n) is 14.6. The first-order valence-electron chi connectivity index (χ1n) is 9.27. The van der Waals surface area contributed by atoms with Crippen molar-refractivity contribution in [1.82, 2.24) is 9.47 Å². The Hall–Kier alpha value is -1.91. The predicted octanol–water partition coefficient (Wildman–Crippen LogP) is 3.14. The van der Waals surface area contributed by atoms with E-state index in [0.29, 0.717) is 18.6 Å². The van der Waals surface area contributed by atoms with Gasteiger partial charge >= 0.3 is 0 Å². The number of ether oxygens (including phenoxy) is 1. The van der Waals surface area contributed by atoms with Crippen LogP contribution in [0.15, 0.2) is 35.9 Å². The van der Waals surface area contributed by atoms with E-state index >= 15 is 0 Å². The molecule has 25 heavy (non-hydrogen) atoms. The van der Waals surface area contributed by atoms with E-state index in [1.165, 1.54) is 34.0 Å². The van der Waals surface area contributed by atoms with Crippen molar-refractivity contribution in [2.24, 2.45) is 18.4 Å². The van der Waals surface area contributed by atoms with E-state index in [9.17, 15) is 4.79 Å². The summed E-state index contributed by atoms with van der Waals surface area (Å²) in [5, 5.41) is 1.30. The molecule has 1 aromatic heterocycles. The standard InChI is InChI=1S/C21H22N2O2/c1-3-12-9-23-16-8-14(12)21(10-24)11-25-19(20(21)23)17-13-6-4-5-7-15(13)22(2)18(16)17/h3-7,10,14,16,19-20H,8-9,11H2,1-2H3/b12-3-/t14-,16-,19+,20-,21?/m0/s1. The van der Waals surface area contributed by atoms with E-state index in [-0.39, 0.29) is 17.6 Å². The number of piperidine rings is 3. The van der Waals surface area contributed by atoms with Crippen molar-refractivity contribution in [1.29, 1.82) is 0 Å². The molecular weight excluding hydrogens is 312 g/mol. The first-order chi connectivity index (χ1) is 12.2. The summed E-state index contributed by atoms with van der Waals surface area (Å²) in [6.45, 7) is 3.65. The monoisotopic (exact) mass is 334 g/mol. The summed E-state index contributed by atoms with van der Waals surface area (Å²) < 4.78 is 8.76. The molecule has 0 amide bonds. The molecule has 4 bridgehead atoms. The zero-order valence-corrected chi connectivity index (χ0v) is 14.6. The number of para-hydroxylation sites is 1. The van der Waals surface area contributed by atoms with Gasteiger partial charge < -0.3 is 14.1 Å². The van der Waals surface area contributed by atoms with E-state index in [0.717, 1.165) is 13.0 Å². The molecular formula is C21H22N2O2. The predicted molar refractivity (Wildman–Crippen MR) is 95.2 cm³/mol. The Kier molecular flexibility index (Phi) is 2.53. The summed E-state index contributed by atoms with van der Waals surface area (Å²) in [4.78, 5) is 14.9. The van der Waals surface area contributed by atoms with E-state index in [1.54, 1.807) is 0 Å². The molecule has 0 N–H and O–H groups in total. The average molecular weight is 334 g/mol. The summed E-state index contributed by atoms with van der Waals surface area (Å²) in [6.07, 6.45) is 4.50. The van der Waals surface area contributed by atoms with Gasteiger partial charge in [-0.15, -0.1) is 0 Å². The van der Waals surface area contributed by atoms with Crippen LogP contribution >= 0.6 is 0 Å². The molecule has 0 aliphatic carbocycles. The average Bonchev–Trinajstić information content (AvgIpc) is 3.21. The van der Waals surface area contributed by atoms with Crippen LogP contribution in [0.5, 0.6) is 0 Å². The van der Waals surface area contributed by atoms with Crippen molar-refractivity contribution in [2.45, 2.75) is 31.5 Å². The van der Waals surface area contributed by atoms with Crippen LogP contribution in [0.2, 0.25) is 0 Å². The SMILES string of the molecule is C/C=C1/CN2[C@H]3[C@@H]4OCC3(C=O)[C@H]1C[C@H]2c1c4c2ccccc2n1C. The number of carbonyl (C=O) groups excluding carboxylic acids is 1. The lowest BCUT2D eigenvalue weighted by Crippen LogP contribution is -2.65. The Bertz CT molecular complexity index is 958. The van der Waals surface area contributed by atoms with E-state index < -0.39 is 0 Å². The number of carbonyl (C=O) groups is 1. The summed E-state index contributed by atoms with van der Waals surface area (Å²) in [7, 11) is 2.18. The molecule has 5 aliphatic heterocycles. The lowest BCUT2D eigenvalue weighted by molar-refractivity contribution is -0.134. The number of rotatable bonds is 1. The van der Waals surface area contributed by atoms with Crippen LogP contribution < -0.4 is 0 Å². The summed E-state index contributed by atoms with van der Waals surface area (Å²) >= 11 is 0. The second-order valence-corrected chi connectivity index (χ2v) is 8.12. The van der Waals surface area contributed by atoms with Crippen LogP contribution in [0.4, 0.5) is 0 Å². The quantitative estimate of drug-likeness (QED) is 0.593. The number of aromatic nitrogens is 1. The molecule has 0 radical (unpaired) electrons. The highest BCUT2D eigenvalue weighted by Gasteiger charge is 2.68. The third kappa shape index (κ3) is 1.39. The van der Waals surface area contributed by atoms with Gasteiger partial charge in [0.05, 0.1) is 24.1 Å². The molecule has 7 rings (SSSR count). The number of aryl methyl sites for hydroxylation is 1. The maximum atomic E-state index is 12.3. The molecule has 128 valence electrons. The number of hydrogen-bond donors (Lipinski definition) is 0. The van der Waals surface area contributed by atoms with Crippen molar-refractivity contribution < 1.29 is 9.53 Å². The molecule has 0 saturated carbocycles. The van der Waals surface area contributed by atoms with E-state index in [4.69, 9.17) is 4.74 Å². The fourth-order valence-corrected chi connectivity index (χ4v) is 6.41. The second kappa shape index (κ2) is 4.43. The molecule has 0 spiro atoms. The summed E-state index contributed by atoms with van der Waals surface area (Å²) in [5.41, 5.74) is 5.08. The number of aldehydes is 1. The number of nitrogens with zero attached hydrogens (tertiary/aromatic N) is 2. The van der Waals surface area contributed by atoms with Gasteiger partial charge in [-0.1, -0.05) is 29.8 Å². The zero-order chi connectivity index (χ0) is 16.9. The minimum atomic E-state index is -0.365. The molecule has 5 aliphatic rings. The number of allylic oxidation sites excluding steroid dienone is 1. The molecule has 6 heterocycles. The first kappa shape index (κ1) is 14.3. The van der Waals surface area contributed by atoms with Gasteiger partial charge in [0.2, 0.25) is 0 Å². The second-order valence-electron chi connectivity index (χ2n) is 8.12. The van der Waals surface area contributed by atoms with Crippen molar-refractivity contribution in [3.05, 3.63) is 47.2 Å². The number of hydrogen-bond acceptors (Lipinski definition) is 3. The van der Waals surface area contributed by atoms with Crippen molar-refractivity contribution >= 4 is 17.2 Å². The molecule has 4 saturated heterocycles. The van der Waals surface area contributed by atoms with Crippen LogP contribution in [0.1, 0.15) is 36.7 Å². The van der Waals surface area contributed by atoms with Gasteiger partial charge in [0.15, 0.2) is 0 Å². The van der Waals surface area contributed by atoms with Gasteiger partial charge in [0, 0.05) is 35.8 Å². The lowest BCUT2D eigenvalue weighted by atomic mass is 9.56. The Balaban J connectivity index is 1.68. The highest BCUT2D eigenvalue weighted by atomic mass is 16.5. The van der Waals surface area contributed by atoms with Gasteiger partial charge in [-0.25, -0.2) is 0 Å². The lowest BCUT2D eigenvalue weighted by Gasteiger charge is -2.60. The first-order valence-corrected chi connectivity index (χ1v) is 9.27. The minimum absolute atomic E-state index is 0.0174. The third-order valence-corrected chi connectivity index (χ3v) is 7.41. The number of benzene rings is 1. The van der Waals surface area contributed by atoms with Crippen molar-refractivity contribution in [2.75, 3.05) is 13.2 Å². The smallest absolute Gasteiger partial charge is 0.130 e.